The number of imidazole rings is 1. The number of aromatic nitrogens is 3. The molecule has 1 saturated carbocycles. The Bertz CT molecular complexity index is 1530. The average Bonchev–Trinajstić information content (AvgIpc) is 3.36. The molecule has 2 amide bonds. The van der Waals surface area contributed by atoms with Crippen molar-refractivity contribution in [2.45, 2.75) is 78.2 Å². The SMILES string of the molecule is CC(C)(C)c1cc(-c2ccc(F)cc2)nn2cc(C(=O)N3CCN(C(=O)[C@H]4CC[C@@](C)(C(=O)O)CC4)CC3(C)C)nc12. The molecule has 0 unspecified atom stereocenters. The van der Waals surface area contributed by atoms with E-state index >= 15 is 0 Å². The van der Waals surface area contributed by atoms with Crippen molar-refractivity contribution in [3.63, 3.8) is 0 Å². The van der Waals surface area contributed by atoms with Crippen molar-refractivity contribution in [2.75, 3.05) is 19.6 Å². The van der Waals surface area contributed by atoms with Gasteiger partial charge >= 0.3 is 5.97 Å². The minimum Gasteiger partial charge on any atom is -0.481 e. The summed E-state index contributed by atoms with van der Waals surface area (Å²) in [5.74, 6) is -1.50. The van der Waals surface area contributed by atoms with Crippen LogP contribution in [0.4, 0.5) is 4.39 Å². The van der Waals surface area contributed by atoms with E-state index in [1.165, 1.54) is 12.1 Å². The third-order valence-corrected chi connectivity index (χ3v) is 9.01. The van der Waals surface area contributed by atoms with Crippen molar-refractivity contribution in [2.24, 2.45) is 11.3 Å². The number of carboxylic acid groups (broad SMARTS) is 1. The van der Waals surface area contributed by atoms with Crippen LogP contribution in [0.1, 0.15) is 83.3 Å². The van der Waals surface area contributed by atoms with Crippen LogP contribution in [0.5, 0.6) is 0 Å². The molecular formula is C32H40FN5O4. The Kier molecular flexibility index (Phi) is 7.39. The van der Waals surface area contributed by atoms with Crippen molar-refractivity contribution in [3.8, 4) is 11.3 Å². The van der Waals surface area contributed by atoms with Crippen LogP contribution in [-0.4, -0.2) is 72.5 Å². The van der Waals surface area contributed by atoms with Gasteiger partial charge in [-0.2, -0.15) is 5.10 Å². The molecule has 3 aromatic rings. The topological polar surface area (TPSA) is 108 Å². The maximum absolute atomic E-state index is 13.9. The minimum absolute atomic E-state index is 0.0442. The molecule has 0 bridgehead atoms. The number of piperazine rings is 1. The maximum Gasteiger partial charge on any atom is 0.309 e. The molecule has 1 aromatic carbocycles. The largest absolute Gasteiger partial charge is 0.481 e. The van der Waals surface area contributed by atoms with Gasteiger partial charge < -0.3 is 14.9 Å². The molecule has 0 spiro atoms. The lowest BCUT2D eigenvalue weighted by Crippen LogP contribution is -2.62. The summed E-state index contributed by atoms with van der Waals surface area (Å²) in [5, 5.41) is 14.2. The van der Waals surface area contributed by atoms with Crippen molar-refractivity contribution in [1.29, 1.82) is 0 Å². The zero-order valence-corrected chi connectivity index (χ0v) is 25.3. The van der Waals surface area contributed by atoms with Crippen LogP contribution in [0.25, 0.3) is 16.9 Å². The predicted octanol–water partition coefficient (Wildman–Crippen LogP) is 5.18. The Morgan fingerprint density at radius 1 is 1.02 bits per heavy atom. The Labute approximate surface area is 245 Å². The number of hydrogen-bond acceptors (Lipinski definition) is 5. The molecule has 1 aliphatic heterocycles. The zero-order valence-electron chi connectivity index (χ0n) is 25.3. The van der Waals surface area contributed by atoms with Gasteiger partial charge in [0.2, 0.25) is 5.91 Å². The summed E-state index contributed by atoms with van der Waals surface area (Å²) >= 11 is 0. The normalized spacial score (nSPS) is 22.8. The highest BCUT2D eigenvalue weighted by molar-refractivity contribution is 5.94. The van der Waals surface area contributed by atoms with Crippen LogP contribution in [0.3, 0.4) is 0 Å². The Morgan fingerprint density at radius 2 is 1.67 bits per heavy atom. The number of rotatable bonds is 4. The van der Waals surface area contributed by atoms with Crippen LogP contribution < -0.4 is 0 Å². The first-order valence-corrected chi connectivity index (χ1v) is 14.6. The van der Waals surface area contributed by atoms with Crippen LogP contribution in [0.2, 0.25) is 0 Å². The summed E-state index contributed by atoms with van der Waals surface area (Å²) in [6.45, 7) is 13.0. The molecule has 1 aliphatic carbocycles. The average molecular weight is 578 g/mol. The number of halogens is 1. The van der Waals surface area contributed by atoms with Crippen LogP contribution in [-0.2, 0) is 15.0 Å². The Hall–Kier alpha value is -3.82. The van der Waals surface area contributed by atoms with Crippen LogP contribution in [0, 0.1) is 17.2 Å². The number of carboxylic acids is 1. The second-order valence-corrected chi connectivity index (χ2v) is 13.8. The number of nitrogens with zero attached hydrogens (tertiary/aromatic N) is 5. The molecule has 0 atom stereocenters. The van der Waals surface area contributed by atoms with Gasteiger partial charge in [-0.1, -0.05) is 20.8 Å². The highest BCUT2D eigenvalue weighted by Gasteiger charge is 2.44. The van der Waals surface area contributed by atoms with E-state index in [-0.39, 0.29) is 34.7 Å². The summed E-state index contributed by atoms with van der Waals surface area (Å²) in [6.07, 6.45) is 3.75. The van der Waals surface area contributed by atoms with Gasteiger partial charge in [0.25, 0.3) is 5.91 Å². The number of benzene rings is 1. The van der Waals surface area contributed by atoms with E-state index in [1.807, 2.05) is 24.8 Å². The fourth-order valence-corrected chi connectivity index (χ4v) is 6.23. The van der Waals surface area contributed by atoms with E-state index in [9.17, 15) is 23.9 Å². The summed E-state index contributed by atoms with van der Waals surface area (Å²) in [6, 6.07) is 8.10. The smallest absolute Gasteiger partial charge is 0.309 e. The number of hydrogen-bond donors (Lipinski definition) is 1. The molecule has 1 saturated heterocycles. The van der Waals surface area contributed by atoms with E-state index in [0.29, 0.717) is 56.7 Å². The molecule has 2 fully saturated rings. The van der Waals surface area contributed by atoms with Crippen molar-refractivity contribution < 1.29 is 23.9 Å². The van der Waals surface area contributed by atoms with Crippen LogP contribution >= 0.6 is 0 Å². The van der Waals surface area contributed by atoms with Crippen molar-refractivity contribution in [3.05, 3.63) is 53.6 Å². The van der Waals surface area contributed by atoms with Gasteiger partial charge in [-0.25, -0.2) is 13.9 Å². The lowest BCUT2D eigenvalue weighted by Gasteiger charge is -2.48. The highest BCUT2D eigenvalue weighted by Crippen LogP contribution is 2.40. The monoisotopic (exact) mass is 577 g/mol. The molecule has 3 heterocycles. The molecule has 5 rings (SSSR count). The molecule has 1 N–H and O–H groups in total. The second-order valence-electron chi connectivity index (χ2n) is 13.8. The van der Waals surface area contributed by atoms with Gasteiger partial charge in [0.05, 0.1) is 22.8 Å². The maximum atomic E-state index is 13.9. The van der Waals surface area contributed by atoms with E-state index in [2.05, 4.69) is 20.8 Å². The number of aliphatic carboxylic acids is 1. The van der Waals surface area contributed by atoms with Gasteiger partial charge in [0.1, 0.15) is 11.5 Å². The van der Waals surface area contributed by atoms with Gasteiger partial charge in [-0.05, 0) is 82.2 Å². The van der Waals surface area contributed by atoms with Crippen molar-refractivity contribution in [1.82, 2.24) is 24.4 Å². The lowest BCUT2D eigenvalue weighted by molar-refractivity contribution is -0.153. The summed E-state index contributed by atoms with van der Waals surface area (Å²) in [4.78, 5) is 47.3. The number of carbonyl (C=O) groups is 3. The highest BCUT2D eigenvalue weighted by atomic mass is 19.1. The molecule has 42 heavy (non-hydrogen) atoms. The standard InChI is InChI=1S/C32H40FN5O4/c1-30(2,3)23-17-24(20-7-9-22(33)10-8-20)35-38-18-25(34-26(23)38)28(40)37-16-15-36(19-31(37,4)5)27(39)21-11-13-32(6,14-12-21)29(41)42/h7-10,17-18,21H,11-16,19H2,1-6H3,(H,41,42)/t21-,32+. The van der Waals surface area contributed by atoms with Gasteiger partial charge in [-0.15, -0.1) is 0 Å². The third kappa shape index (κ3) is 5.51. The van der Waals surface area contributed by atoms with E-state index in [4.69, 9.17) is 10.1 Å². The summed E-state index contributed by atoms with van der Waals surface area (Å²) < 4.78 is 15.2. The Morgan fingerprint density at radius 3 is 2.24 bits per heavy atom. The van der Waals surface area contributed by atoms with Gasteiger partial charge in [0, 0.05) is 36.7 Å². The molecule has 10 heteroatoms. The van der Waals surface area contributed by atoms with Gasteiger partial charge in [-0.3, -0.25) is 14.4 Å². The summed E-state index contributed by atoms with van der Waals surface area (Å²) in [5.41, 5.74) is 1.50. The molecular weight excluding hydrogens is 537 g/mol. The fourth-order valence-electron chi connectivity index (χ4n) is 6.23. The number of amides is 2. The predicted molar refractivity (Wildman–Crippen MR) is 156 cm³/mol. The first-order chi connectivity index (χ1) is 19.6. The van der Waals surface area contributed by atoms with Crippen molar-refractivity contribution >= 4 is 23.4 Å². The van der Waals surface area contributed by atoms with E-state index < -0.39 is 16.9 Å². The molecule has 2 aromatic heterocycles. The van der Waals surface area contributed by atoms with E-state index in [1.54, 1.807) is 34.7 Å². The zero-order chi connectivity index (χ0) is 30.6. The molecule has 224 valence electrons. The third-order valence-electron chi connectivity index (χ3n) is 9.01. The fraction of sp³-hybridized carbons (Fsp3) is 0.531. The Balaban J connectivity index is 1.36. The number of fused-ring (bicyclic) bond motifs is 1. The second kappa shape index (κ2) is 10.5. The molecule has 0 radical (unpaired) electrons. The quantitative estimate of drug-likeness (QED) is 0.458. The first-order valence-electron chi connectivity index (χ1n) is 14.6. The molecule has 2 aliphatic rings. The molecule has 9 nitrogen and oxygen atoms in total. The first kappa shape index (κ1) is 29.7. The van der Waals surface area contributed by atoms with E-state index in [0.717, 1.165) is 11.1 Å². The minimum atomic E-state index is -0.801. The van der Waals surface area contributed by atoms with Gasteiger partial charge in [0.15, 0.2) is 5.65 Å². The summed E-state index contributed by atoms with van der Waals surface area (Å²) in [7, 11) is 0. The number of carbonyl (C=O) groups excluding carboxylic acids is 2. The lowest BCUT2D eigenvalue weighted by atomic mass is 9.71. The van der Waals surface area contributed by atoms with Crippen LogP contribution in [0.15, 0.2) is 36.5 Å².